The van der Waals surface area contributed by atoms with Crippen LogP contribution in [-0.2, 0) is 18.3 Å². The second kappa shape index (κ2) is 21.4. The van der Waals surface area contributed by atoms with Crippen LogP contribution in [-0.4, -0.2) is 0 Å². The minimum absolute atomic E-state index is 0.163. The number of benzene rings is 3. The van der Waals surface area contributed by atoms with Gasteiger partial charge in [0, 0.05) is 5.41 Å². The Balaban J connectivity index is 2.01. The summed E-state index contributed by atoms with van der Waals surface area (Å²) in [7, 11) is 0. The zero-order chi connectivity index (χ0) is 30.4. The van der Waals surface area contributed by atoms with E-state index in [1.54, 1.807) is 11.1 Å². The Labute approximate surface area is 267 Å². The molecular weight excluding hydrogens is 516 g/mol. The Bertz CT molecular complexity index is 1030. The average Bonchev–Trinajstić information content (AvgIpc) is 3.05. The molecule has 0 unspecified atom stereocenters. The molecule has 1 radical (unpaired) electrons. The minimum atomic E-state index is -0.163. The van der Waals surface area contributed by atoms with Crippen LogP contribution in [0.5, 0.6) is 0 Å². The first-order valence-corrected chi connectivity index (χ1v) is 18.4. The maximum atomic E-state index is 3.80. The summed E-state index contributed by atoms with van der Waals surface area (Å²) in [5.74, 6) is 0. The third kappa shape index (κ3) is 11.3. The molecule has 0 nitrogen and oxygen atoms in total. The third-order valence-corrected chi connectivity index (χ3v) is 9.63. The van der Waals surface area contributed by atoms with Gasteiger partial charge in [-0.3, -0.25) is 0 Å². The minimum Gasteiger partial charge on any atom is -0.0654 e. The molecule has 0 aromatic heterocycles. The molecule has 3 aromatic rings. The Morgan fingerprint density at radius 3 is 1.33 bits per heavy atom. The maximum Gasteiger partial charge on any atom is 0.0462 e. The van der Waals surface area contributed by atoms with Crippen molar-refractivity contribution in [3.8, 4) is 0 Å². The van der Waals surface area contributed by atoms with Crippen LogP contribution >= 0.6 is 0 Å². The van der Waals surface area contributed by atoms with Gasteiger partial charge in [0.25, 0.3) is 0 Å². The Hall–Kier alpha value is -2.34. The molecule has 3 rings (SSSR count). The summed E-state index contributed by atoms with van der Waals surface area (Å²) in [6.07, 6.45) is 27.6. The molecule has 0 saturated heterocycles. The summed E-state index contributed by atoms with van der Waals surface area (Å²) < 4.78 is 0. The maximum absolute atomic E-state index is 3.80. The average molecular weight is 580 g/mol. The van der Waals surface area contributed by atoms with E-state index in [2.05, 4.69) is 99.6 Å². The van der Waals surface area contributed by atoms with Gasteiger partial charge in [0.15, 0.2) is 0 Å². The zero-order valence-electron chi connectivity index (χ0n) is 28.3. The van der Waals surface area contributed by atoms with Crippen molar-refractivity contribution in [1.82, 2.24) is 0 Å². The molecule has 0 bridgehead atoms. The highest BCUT2D eigenvalue weighted by atomic mass is 14.4. The lowest BCUT2D eigenvalue weighted by molar-refractivity contribution is 0.490. The van der Waals surface area contributed by atoms with Crippen LogP contribution in [0.15, 0.2) is 72.8 Å². The summed E-state index contributed by atoms with van der Waals surface area (Å²) >= 11 is 0. The molecule has 0 aliphatic heterocycles. The molecule has 43 heavy (non-hydrogen) atoms. The van der Waals surface area contributed by atoms with Crippen molar-refractivity contribution >= 4 is 0 Å². The molecule has 235 valence electrons. The van der Waals surface area contributed by atoms with Gasteiger partial charge in [0.05, 0.1) is 0 Å². The SMILES string of the molecule is CCCCCCCCc1ccccc1C(CCCCCCCC)(c1[c]cccc1)c1ccccc1CCCCCCCC. The lowest BCUT2D eigenvalue weighted by atomic mass is 9.63. The smallest absolute Gasteiger partial charge is 0.0462 e. The van der Waals surface area contributed by atoms with E-state index in [0.717, 1.165) is 6.42 Å². The van der Waals surface area contributed by atoms with E-state index in [0.29, 0.717) is 0 Å². The van der Waals surface area contributed by atoms with Crippen LogP contribution in [0.4, 0.5) is 0 Å². The zero-order valence-corrected chi connectivity index (χ0v) is 28.3. The van der Waals surface area contributed by atoms with Gasteiger partial charge >= 0.3 is 0 Å². The standard InChI is InChI=1S/C43H63/c1-4-7-10-13-16-20-29-38-31-24-26-35-41(38)43(40-33-22-19-23-34-40,37-28-18-15-12-9-6-3)42-36-27-25-32-39(42)30-21-17-14-11-8-5-2/h19,22-27,31-33,35-36H,4-18,20-21,28-30,37H2,1-3H3. The fraction of sp³-hybridized carbons (Fsp3) is 0.581. The number of rotatable bonds is 24. The molecule has 0 fully saturated rings. The van der Waals surface area contributed by atoms with Crippen molar-refractivity contribution in [3.63, 3.8) is 0 Å². The monoisotopic (exact) mass is 579 g/mol. The van der Waals surface area contributed by atoms with Gasteiger partial charge in [-0.2, -0.15) is 0 Å². The summed E-state index contributed by atoms with van der Waals surface area (Å²) in [5, 5.41) is 0. The fourth-order valence-electron chi connectivity index (χ4n) is 7.17. The van der Waals surface area contributed by atoms with Crippen molar-refractivity contribution < 1.29 is 0 Å². The van der Waals surface area contributed by atoms with Gasteiger partial charge in [-0.25, -0.2) is 0 Å². The normalized spacial score (nSPS) is 11.7. The first kappa shape index (κ1) is 35.1. The van der Waals surface area contributed by atoms with Gasteiger partial charge in [0.2, 0.25) is 0 Å². The van der Waals surface area contributed by atoms with Crippen LogP contribution < -0.4 is 0 Å². The Morgan fingerprint density at radius 1 is 0.442 bits per heavy atom. The highest BCUT2D eigenvalue weighted by Gasteiger charge is 2.38. The van der Waals surface area contributed by atoms with E-state index < -0.39 is 0 Å². The predicted octanol–water partition coefficient (Wildman–Crippen LogP) is 13.4. The van der Waals surface area contributed by atoms with E-state index in [4.69, 9.17) is 0 Å². The molecule has 0 aliphatic rings. The van der Waals surface area contributed by atoms with Crippen molar-refractivity contribution in [2.24, 2.45) is 0 Å². The second-order valence-electron chi connectivity index (χ2n) is 13.0. The number of hydrogen-bond donors (Lipinski definition) is 0. The first-order chi connectivity index (χ1) is 21.3. The largest absolute Gasteiger partial charge is 0.0654 e. The molecule has 0 amide bonds. The van der Waals surface area contributed by atoms with Crippen LogP contribution in [0.25, 0.3) is 0 Å². The molecule has 0 atom stereocenters. The van der Waals surface area contributed by atoms with E-state index in [-0.39, 0.29) is 5.41 Å². The fourth-order valence-corrected chi connectivity index (χ4v) is 7.17. The van der Waals surface area contributed by atoms with Crippen molar-refractivity contribution in [2.75, 3.05) is 0 Å². The molecule has 0 saturated carbocycles. The Morgan fingerprint density at radius 2 is 0.860 bits per heavy atom. The van der Waals surface area contributed by atoms with Gasteiger partial charge < -0.3 is 0 Å². The van der Waals surface area contributed by atoms with Crippen LogP contribution in [0.1, 0.15) is 171 Å². The van der Waals surface area contributed by atoms with E-state index in [1.807, 2.05) is 0 Å². The van der Waals surface area contributed by atoms with Gasteiger partial charge in [-0.15, -0.1) is 0 Å². The van der Waals surface area contributed by atoms with Crippen LogP contribution in [0, 0.1) is 6.07 Å². The molecular formula is C43H63. The highest BCUT2D eigenvalue weighted by Crippen LogP contribution is 2.46. The predicted molar refractivity (Wildman–Crippen MR) is 190 cm³/mol. The lowest BCUT2D eigenvalue weighted by Gasteiger charge is -2.39. The summed E-state index contributed by atoms with van der Waals surface area (Å²) in [6.45, 7) is 6.94. The van der Waals surface area contributed by atoms with E-state index >= 15 is 0 Å². The molecule has 0 spiro atoms. The summed E-state index contributed by atoms with van der Waals surface area (Å²) in [5.41, 5.74) is 7.37. The van der Waals surface area contributed by atoms with E-state index in [9.17, 15) is 0 Å². The van der Waals surface area contributed by atoms with Crippen LogP contribution in [0.3, 0.4) is 0 Å². The molecule has 0 aliphatic carbocycles. The van der Waals surface area contributed by atoms with Gasteiger partial charge in [-0.1, -0.05) is 196 Å². The molecule has 0 heterocycles. The Kier molecular flexibility index (Phi) is 17.5. The molecule has 0 N–H and O–H groups in total. The second-order valence-corrected chi connectivity index (χ2v) is 13.0. The van der Waals surface area contributed by atoms with Crippen molar-refractivity contribution in [1.29, 1.82) is 0 Å². The molecule has 0 heteroatoms. The van der Waals surface area contributed by atoms with Gasteiger partial charge in [0.1, 0.15) is 0 Å². The number of unbranched alkanes of at least 4 members (excludes halogenated alkanes) is 15. The van der Waals surface area contributed by atoms with Crippen molar-refractivity contribution in [2.45, 2.75) is 161 Å². The van der Waals surface area contributed by atoms with Crippen LogP contribution in [0.2, 0.25) is 0 Å². The highest BCUT2D eigenvalue weighted by molar-refractivity contribution is 5.55. The van der Waals surface area contributed by atoms with E-state index in [1.165, 1.54) is 145 Å². The summed E-state index contributed by atoms with van der Waals surface area (Å²) in [4.78, 5) is 0. The number of hydrogen-bond acceptors (Lipinski definition) is 0. The van der Waals surface area contributed by atoms with Crippen molar-refractivity contribution in [3.05, 3.63) is 107 Å². The quantitative estimate of drug-likeness (QED) is 0.0731. The third-order valence-electron chi connectivity index (χ3n) is 9.63. The summed E-state index contributed by atoms with van der Waals surface area (Å²) in [6, 6.07) is 31.7. The van der Waals surface area contributed by atoms with Gasteiger partial charge in [-0.05, 0) is 66.0 Å². The first-order valence-electron chi connectivity index (χ1n) is 18.4. The topological polar surface area (TPSA) is 0 Å². The molecule has 3 aromatic carbocycles. The number of aryl methyl sites for hydroxylation is 2. The lowest BCUT2D eigenvalue weighted by Crippen LogP contribution is -2.32.